The molecule has 0 saturated heterocycles. The molecule has 0 aliphatic rings. The number of unbranched alkanes of at least 4 members (excludes halogenated alkanes) is 1. The summed E-state index contributed by atoms with van der Waals surface area (Å²) in [6, 6.07) is 7.58. The van der Waals surface area contributed by atoms with E-state index in [-0.39, 0.29) is 12.4 Å². The van der Waals surface area contributed by atoms with Gasteiger partial charge in [-0.2, -0.15) is 0 Å². The Labute approximate surface area is 109 Å². The molecule has 0 aromatic heterocycles. The van der Waals surface area contributed by atoms with Gasteiger partial charge in [-0.25, -0.2) is 0 Å². The SMILES string of the molecule is CN(C)CCCCOc1ccccc1Cl.Cl. The smallest absolute Gasteiger partial charge is 0.137 e. The minimum atomic E-state index is 0. The summed E-state index contributed by atoms with van der Waals surface area (Å²) in [5, 5.41) is 0.685. The van der Waals surface area contributed by atoms with Crippen LogP contribution >= 0.6 is 24.0 Å². The molecule has 0 bridgehead atoms. The van der Waals surface area contributed by atoms with Gasteiger partial charge in [-0.15, -0.1) is 12.4 Å². The van der Waals surface area contributed by atoms with Crippen molar-refractivity contribution in [3.63, 3.8) is 0 Å². The third kappa shape index (κ3) is 6.21. The van der Waals surface area contributed by atoms with Crippen LogP contribution in [0.1, 0.15) is 12.8 Å². The molecule has 0 saturated carbocycles. The standard InChI is InChI=1S/C12H18ClNO.ClH/c1-14(2)9-5-6-10-15-12-8-4-3-7-11(12)13;/h3-4,7-8H,5-6,9-10H2,1-2H3;1H. The molecular weight excluding hydrogens is 245 g/mol. The van der Waals surface area contributed by atoms with Crippen molar-refractivity contribution in [2.75, 3.05) is 27.2 Å². The van der Waals surface area contributed by atoms with Gasteiger partial charge in [0.25, 0.3) is 0 Å². The quantitative estimate of drug-likeness (QED) is 0.729. The maximum Gasteiger partial charge on any atom is 0.137 e. The lowest BCUT2D eigenvalue weighted by atomic mass is 10.3. The second-order valence-corrected chi connectivity index (χ2v) is 4.20. The fourth-order valence-corrected chi connectivity index (χ4v) is 1.46. The van der Waals surface area contributed by atoms with Crippen molar-refractivity contribution in [3.8, 4) is 5.75 Å². The van der Waals surface area contributed by atoms with Crippen molar-refractivity contribution in [2.45, 2.75) is 12.8 Å². The molecule has 0 N–H and O–H groups in total. The lowest BCUT2D eigenvalue weighted by Gasteiger charge is -2.10. The van der Waals surface area contributed by atoms with Crippen molar-refractivity contribution in [2.24, 2.45) is 0 Å². The lowest BCUT2D eigenvalue weighted by Crippen LogP contribution is -2.13. The zero-order valence-electron chi connectivity index (χ0n) is 9.78. The molecule has 92 valence electrons. The van der Waals surface area contributed by atoms with Gasteiger partial charge in [0.15, 0.2) is 0 Å². The summed E-state index contributed by atoms with van der Waals surface area (Å²) >= 11 is 5.95. The summed E-state index contributed by atoms with van der Waals surface area (Å²) in [5.41, 5.74) is 0. The minimum absolute atomic E-state index is 0. The van der Waals surface area contributed by atoms with Crippen LogP contribution in [0.4, 0.5) is 0 Å². The number of rotatable bonds is 6. The van der Waals surface area contributed by atoms with Crippen LogP contribution in [0.3, 0.4) is 0 Å². The van der Waals surface area contributed by atoms with Gasteiger partial charge >= 0.3 is 0 Å². The predicted molar refractivity (Wildman–Crippen MR) is 72.0 cm³/mol. The van der Waals surface area contributed by atoms with E-state index in [1.54, 1.807) is 0 Å². The molecule has 0 aliphatic heterocycles. The van der Waals surface area contributed by atoms with Crippen LogP contribution < -0.4 is 4.74 Å². The molecule has 0 unspecified atom stereocenters. The van der Waals surface area contributed by atoms with Gasteiger partial charge < -0.3 is 9.64 Å². The average molecular weight is 264 g/mol. The Morgan fingerprint density at radius 2 is 1.88 bits per heavy atom. The Morgan fingerprint density at radius 1 is 1.19 bits per heavy atom. The first-order valence-corrected chi connectivity index (χ1v) is 5.60. The fourth-order valence-electron chi connectivity index (χ4n) is 1.27. The number of hydrogen-bond donors (Lipinski definition) is 0. The summed E-state index contributed by atoms with van der Waals surface area (Å²) in [7, 11) is 4.16. The highest BCUT2D eigenvalue weighted by Gasteiger charge is 1.98. The number of benzene rings is 1. The van der Waals surface area contributed by atoms with Gasteiger partial charge in [0, 0.05) is 0 Å². The van der Waals surface area contributed by atoms with Crippen LogP contribution in [0.15, 0.2) is 24.3 Å². The van der Waals surface area contributed by atoms with E-state index in [0.717, 1.165) is 31.7 Å². The number of ether oxygens (including phenoxy) is 1. The van der Waals surface area contributed by atoms with E-state index in [9.17, 15) is 0 Å². The highest BCUT2D eigenvalue weighted by atomic mass is 35.5. The number of para-hydroxylation sites is 1. The summed E-state index contributed by atoms with van der Waals surface area (Å²) < 4.78 is 5.57. The number of hydrogen-bond acceptors (Lipinski definition) is 2. The molecule has 4 heteroatoms. The normalized spacial score (nSPS) is 10.0. The maximum atomic E-state index is 5.95. The lowest BCUT2D eigenvalue weighted by molar-refractivity contribution is 0.293. The van der Waals surface area contributed by atoms with E-state index in [2.05, 4.69) is 19.0 Å². The van der Waals surface area contributed by atoms with Crippen LogP contribution in [0, 0.1) is 0 Å². The first-order chi connectivity index (χ1) is 7.20. The Bertz CT molecular complexity index is 292. The van der Waals surface area contributed by atoms with Crippen molar-refractivity contribution >= 4 is 24.0 Å². The largest absolute Gasteiger partial charge is 0.492 e. The molecule has 16 heavy (non-hydrogen) atoms. The number of nitrogens with zero attached hydrogens (tertiary/aromatic N) is 1. The van der Waals surface area contributed by atoms with Crippen LogP contribution in [0.25, 0.3) is 0 Å². The predicted octanol–water partition coefficient (Wildman–Crippen LogP) is 3.48. The molecule has 0 heterocycles. The van der Waals surface area contributed by atoms with Gasteiger partial charge in [0.1, 0.15) is 5.75 Å². The monoisotopic (exact) mass is 263 g/mol. The summed E-state index contributed by atoms with van der Waals surface area (Å²) in [6.07, 6.45) is 2.21. The van der Waals surface area contributed by atoms with Crippen LogP contribution in [-0.2, 0) is 0 Å². The molecule has 1 aromatic carbocycles. The van der Waals surface area contributed by atoms with Crippen molar-refractivity contribution in [1.82, 2.24) is 4.90 Å². The Balaban J connectivity index is 0.00000225. The van der Waals surface area contributed by atoms with E-state index >= 15 is 0 Å². The average Bonchev–Trinajstić information content (AvgIpc) is 2.20. The molecule has 0 amide bonds. The van der Waals surface area contributed by atoms with E-state index in [4.69, 9.17) is 16.3 Å². The van der Waals surface area contributed by atoms with Gasteiger partial charge in [0.05, 0.1) is 11.6 Å². The van der Waals surface area contributed by atoms with E-state index < -0.39 is 0 Å². The summed E-state index contributed by atoms with van der Waals surface area (Å²) in [6.45, 7) is 1.84. The van der Waals surface area contributed by atoms with Crippen LogP contribution in [0.5, 0.6) is 5.75 Å². The zero-order valence-corrected chi connectivity index (χ0v) is 11.4. The molecule has 0 aliphatic carbocycles. The third-order valence-electron chi connectivity index (χ3n) is 2.09. The molecule has 1 aromatic rings. The zero-order chi connectivity index (χ0) is 11.1. The fraction of sp³-hybridized carbons (Fsp3) is 0.500. The second-order valence-electron chi connectivity index (χ2n) is 3.79. The van der Waals surface area contributed by atoms with E-state index in [1.807, 2.05) is 24.3 Å². The van der Waals surface area contributed by atoms with Crippen molar-refractivity contribution in [3.05, 3.63) is 29.3 Å². The Kier molecular flexibility index (Phi) is 8.44. The highest BCUT2D eigenvalue weighted by molar-refractivity contribution is 6.32. The summed E-state index contributed by atoms with van der Waals surface area (Å²) in [4.78, 5) is 2.18. The van der Waals surface area contributed by atoms with Crippen molar-refractivity contribution in [1.29, 1.82) is 0 Å². The molecular formula is C12H19Cl2NO. The molecule has 0 spiro atoms. The first kappa shape index (κ1) is 15.6. The van der Waals surface area contributed by atoms with Gasteiger partial charge in [-0.3, -0.25) is 0 Å². The summed E-state index contributed by atoms with van der Waals surface area (Å²) in [5.74, 6) is 0.781. The minimum Gasteiger partial charge on any atom is -0.492 e. The van der Waals surface area contributed by atoms with Crippen molar-refractivity contribution < 1.29 is 4.74 Å². The highest BCUT2D eigenvalue weighted by Crippen LogP contribution is 2.23. The Morgan fingerprint density at radius 3 is 2.50 bits per heavy atom. The van der Waals surface area contributed by atoms with E-state index in [1.165, 1.54) is 0 Å². The molecule has 0 fully saturated rings. The third-order valence-corrected chi connectivity index (χ3v) is 2.41. The first-order valence-electron chi connectivity index (χ1n) is 5.22. The molecule has 1 rings (SSSR count). The van der Waals surface area contributed by atoms with Gasteiger partial charge in [-0.05, 0) is 45.6 Å². The van der Waals surface area contributed by atoms with Gasteiger partial charge in [0.2, 0.25) is 0 Å². The second kappa shape index (κ2) is 8.68. The molecule has 2 nitrogen and oxygen atoms in total. The Hall–Kier alpha value is -0.440. The van der Waals surface area contributed by atoms with E-state index in [0.29, 0.717) is 5.02 Å². The van der Waals surface area contributed by atoms with Crippen LogP contribution in [0.2, 0.25) is 5.02 Å². The molecule has 0 radical (unpaired) electrons. The van der Waals surface area contributed by atoms with Crippen LogP contribution in [-0.4, -0.2) is 32.1 Å². The number of halogens is 2. The maximum absolute atomic E-state index is 5.95. The van der Waals surface area contributed by atoms with Gasteiger partial charge in [-0.1, -0.05) is 23.7 Å². The topological polar surface area (TPSA) is 12.5 Å². The molecule has 0 atom stereocenters.